The molecular weight excluding hydrogens is 480 g/mol. The van der Waals surface area contributed by atoms with Crippen molar-refractivity contribution in [3.63, 3.8) is 0 Å². The van der Waals surface area contributed by atoms with Crippen molar-refractivity contribution in [1.82, 2.24) is 9.97 Å². The van der Waals surface area contributed by atoms with Crippen molar-refractivity contribution in [2.24, 2.45) is 0 Å². The Kier molecular flexibility index (Phi) is 6.52. The number of thiophene rings is 1. The normalized spacial score (nSPS) is 11.1. The number of sulfonamides is 1. The number of ether oxygens (including phenoxy) is 3. The molecule has 0 radical (unpaired) electrons. The summed E-state index contributed by atoms with van der Waals surface area (Å²) in [5, 5.41) is 4.58. The number of rotatable bonds is 8. The highest BCUT2D eigenvalue weighted by molar-refractivity contribution is 7.93. The number of nitrogens with zero attached hydrogens (tertiary/aromatic N) is 2. The molecule has 0 fully saturated rings. The Labute approximate surface area is 199 Å². The number of esters is 1. The van der Waals surface area contributed by atoms with Gasteiger partial charge in [0.05, 0.1) is 32.4 Å². The molecule has 176 valence electrons. The summed E-state index contributed by atoms with van der Waals surface area (Å²) in [5.41, 5.74) is 1.56. The molecule has 0 aliphatic heterocycles. The summed E-state index contributed by atoms with van der Waals surface area (Å²) in [6.07, 6.45) is 0. The van der Waals surface area contributed by atoms with Crippen LogP contribution in [-0.2, 0) is 14.8 Å². The van der Waals surface area contributed by atoms with Gasteiger partial charge in [0.25, 0.3) is 10.0 Å². The average molecular weight is 501 g/mol. The van der Waals surface area contributed by atoms with Crippen molar-refractivity contribution in [1.29, 1.82) is 0 Å². The molecule has 2 aromatic heterocycles. The lowest BCUT2D eigenvalue weighted by Crippen LogP contribution is -2.18. The van der Waals surface area contributed by atoms with Crippen LogP contribution >= 0.6 is 11.3 Å². The predicted molar refractivity (Wildman–Crippen MR) is 129 cm³/mol. The number of carbonyl (C=O) groups is 1. The molecule has 4 aromatic rings. The number of anilines is 3. The van der Waals surface area contributed by atoms with Crippen molar-refractivity contribution >= 4 is 55.7 Å². The molecular formula is C22H20N4O6S2. The smallest absolute Gasteiger partial charge is 0.349 e. The quantitative estimate of drug-likeness (QED) is 0.344. The minimum absolute atomic E-state index is 0.0456. The number of para-hydroxylation sites is 2. The van der Waals surface area contributed by atoms with Crippen LogP contribution in [0.1, 0.15) is 9.67 Å². The van der Waals surface area contributed by atoms with E-state index >= 15 is 0 Å². The lowest BCUT2D eigenvalue weighted by molar-refractivity contribution is 0.0602. The molecule has 2 N–H and O–H groups in total. The highest BCUT2D eigenvalue weighted by Crippen LogP contribution is 2.32. The van der Waals surface area contributed by atoms with Gasteiger partial charge in [0.15, 0.2) is 11.6 Å². The maximum absolute atomic E-state index is 13.2. The van der Waals surface area contributed by atoms with Gasteiger partial charge >= 0.3 is 5.97 Å². The Bertz CT molecular complexity index is 1450. The lowest BCUT2D eigenvalue weighted by Gasteiger charge is -2.15. The fourth-order valence-electron chi connectivity index (χ4n) is 3.11. The third kappa shape index (κ3) is 4.72. The zero-order valence-electron chi connectivity index (χ0n) is 18.4. The first-order valence-electron chi connectivity index (χ1n) is 9.80. The Morgan fingerprint density at radius 1 is 0.912 bits per heavy atom. The molecule has 0 saturated carbocycles. The molecule has 2 heterocycles. The van der Waals surface area contributed by atoms with Crippen LogP contribution in [0.2, 0.25) is 0 Å². The maximum atomic E-state index is 13.2. The number of benzene rings is 2. The van der Waals surface area contributed by atoms with Crippen molar-refractivity contribution in [2.75, 3.05) is 31.4 Å². The summed E-state index contributed by atoms with van der Waals surface area (Å²) >= 11 is 0.964. The second kappa shape index (κ2) is 9.53. The topological polar surface area (TPSA) is 129 Å². The minimum Gasteiger partial charge on any atom is -0.497 e. The molecule has 0 saturated heterocycles. The third-order valence-corrected chi connectivity index (χ3v) is 7.11. The standard InChI is InChI=1S/C22H20N4O6S2/c1-30-14-10-13(11-15(12-14)31-2)23-20-21(25-17-7-5-4-6-16(17)24-20)26-34(28,29)18-8-9-33-19(18)22(27)32-3/h4-12H,1-3H3,(H,23,24)(H,25,26). The van der Waals surface area contributed by atoms with Crippen LogP contribution in [0.3, 0.4) is 0 Å². The van der Waals surface area contributed by atoms with E-state index < -0.39 is 16.0 Å². The molecule has 34 heavy (non-hydrogen) atoms. The van der Waals surface area contributed by atoms with Gasteiger partial charge in [-0.1, -0.05) is 12.1 Å². The fourth-order valence-corrected chi connectivity index (χ4v) is 5.45. The van der Waals surface area contributed by atoms with Gasteiger partial charge in [-0.2, -0.15) is 0 Å². The van der Waals surface area contributed by atoms with Gasteiger partial charge in [-0.25, -0.2) is 23.2 Å². The van der Waals surface area contributed by atoms with E-state index in [2.05, 4.69) is 20.0 Å². The van der Waals surface area contributed by atoms with Crippen LogP contribution in [0.4, 0.5) is 17.3 Å². The van der Waals surface area contributed by atoms with Crippen LogP contribution in [0.5, 0.6) is 11.5 Å². The van der Waals surface area contributed by atoms with Crippen LogP contribution in [-0.4, -0.2) is 45.7 Å². The average Bonchev–Trinajstić information content (AvgIpc) is 3.34. The number of nitrogens with one attached hydrogen (secondary N) is 2. The van der Waals surface area contributed by atoms with Crippen molar-refractivity contribution in [3.05, 3.63) is 58.8 Å². The Morgan fingerprint density at radius 3 is 2.12 bits per heavy atom. The molecule has 0 aliphatic rings. The van der Waals surface area contributed by atoms with Gasteiger partial charge in [-0.15, -0.1) is 11.3 Å². The Balaban J connectivity index is 1.79. The fraction of sp³-hybridized carbons (Fsp3) is 0.136. The summed E-state index contributed by atoms with van der Waals surface area (Å²) in [5.74, 6) is 0.397. The van der Waals surface area contributed by atoms with E-state index in [1.807, 2.05) is 0 Å². The first-order valence-corrected chi connectivity index (χ1v) is 12.2. The monoisotopic (exact) mass is 500 g/mol. The zero-order valence-corrected chi connectivity index (χ0v) is 20.0. The largest absolute Gasteiger partial charge is 0.497 e. The van der Waals surface area contributed by atoms with E-state index in [0.29, 0.717) is 28.2 Å². The van der Waals surface area contributed by atoms with Crippen molar-refractivity contribution in [3.8, 4) is 11.5 Å². The molecule has 0 amide bonds. The summed E-state index contributed by atoms with van der Waals surface area (Å²) in [4.78, 5) is 20.8. The molecule has 0 aliphatic carbocycles. The van der Waals surface area contributed by atoms with Crippen molar-refractivity contribution < 1.29 is 27.4 Å². The number of carbonyl (C=O) groups excluding carboxylic acids is 1. The minimum atomic E-state index is -4.20. The van der Waals surface area contributed by atoms with E-state index in [1.165, 1.54) is 32.8 Å². The molecule has 12 heteroatoms. The van der Waals surface area contributed by atoms with Gasteiger partial charge in [-0.05, 0) is 23.6 Å². The summed E-state index contributed by atoms with van der Waals surface area (Å²) in [6.45, 7) is 0. The van der Waals surface area contributed by atoms with E-state index in [9.17, 15) is 13.2 Å². The number of hydrogen-bond acceptors (Lipinski definition) is 10. The van der Waals surface area contributed by atoms with Gasteiger partial charge < -0.3 is 19.5 Å². The van der Waals surface area contributed by atoms with E-state index in [4.69, 9.17) is 14.2 Å². The molecule has 0 spiro atoms. The van der Waals surface area contributed by atoms with Gasteiger partial charge in [0.1, 0.15) is 21.3 Å². The highest BCUT2D eigenvalue weighted by atomic mass is 32.2. The SMILES string of the molecule is COC(=O)c1sccc1S(=O)(=O)Nc1nc2ccccc2nc1Nc1cc(OC)cc(OC)c1. The van der Waals surface area contributed by atoms with Gasteiger partial charge in [-0.3, -0.25) is 4.72 Å². The van der Waals surface area contributed by atoms with Gasteiger partial charge in [0.2, 0.25) is 0 Å². The van der Waals surface area contributed by atoms with E-state index in [1.54, 1.807) is 42.5 Å². The molecule has 10 nitrogen and oxygen atoms in total. The first kappa shape index (κ1) is 23.3. The van der Waals surface area contributed by atoms with Crippen LogP contribution in [0.15, 0.2) is 58.8 Å². The van der Waals surface area contributed by atoms with Gasteiger partial charge in [0, 0.05) is 23.9 Å². The van der Waals surface area contributed by atoms with Crippen LogP contribution < -0.4 is 19.5 Å². The van der Waals surface area contributed by atoms with Crippen molar-refractivity contribution in [2.45, 2.75) is 4.90 Å². The van der Waals surface area contributed by atoms with E-state index in [0.717, 1.165) is 11.3 Å². The van der Waals surface area contributed by atoms with Crippen LogP contribution in [0.25, 0.3) is 11.0 Å². The lowest BCUT2D eigenvalue weighted by atomic mass is 10.2. The predicted octanol–water partition coefficient (Wildman–Crippen LogP) is 4.04. The van der Waals surface area contributed by atoms with Crippen LogP contribution in [0, 0.1) is 0 Å². The maximum Gasteiger partial charge on any atom is 0.349 e. The summed E-state index contributed by atoms with van der Waals surface area (Å²) in [7, 11) is 0.0315. The molecule has 4 rings (SSSR count). The molecule has 0 bridgehead atoms. The summed E-state index contributed by atoms with van der Waals surface area (Å²) in [6, 6.07) is 13.5. The first-order chi connectivity index (χ1) is 16.3. The molecule has 0 unspecified atom stereocenters. The number of methoxy groups -OCH3 is 3. The molecule has 2 aromatic carbocycles. The number of hydrogen-bond donors (Lipinski definition) is 2. The Hall–Kier alpha value is -3.90. The number of aromatic nitrogens is 2. The highest BCUT2D eigenvalue weighted by Gasteiger charge is 2.26. The summed E-state index contributed by atoms with van der Waals surface area (Å²) < 4.78 is 44.1. The molecule has 0 atom stereocenters. The van der Waals surface area contributed by atoms with E-state index in [-0.39, 0.29) is 21.4 Å². The zero-order chi connectivity index (χ0) is 24.3. The second-order valence-corrected chi connectivity index (χ2v) is 9.41. The Morgan fingerprint density at radius 2 is 1.53 bits per heavy atom. The number of fused-ring (bicyclic) bond motifs is 1. The third-order valence-electron chi connectivity index (χ3n) is 4.71. The second-order valence-electron chi connectivity index (χ2n) is 6.85.